The molecule has 6 heteroatoms. The lowest BCUT2D eigenvalue weighted by molar-refractivity contribution is -0.143. The molecule has 5 nitrogen and oxygen atoms in total. The number of hydrogen-bond donors (Lipinski definition) is 0. The maximum absolute atomic E-state index is 12.9. The number of fused-ring (bicyclic) bond motifs is 1. The number of carbonyl (C=O) groups is 2. The molecule has 0 aromatic carbocycles. The van der Waals surface area contributed by atoms with Gasteiger partial charge in [0.25, 0.3) is 0 Å². The molecule has 1 aromatic heterocycles. The first kappa shape index (κ1) is 16.1. The molecule has 2 amide bonds. The number of likely N-dealkylation sites (N-methyl/N-ethyl adjacent to an activating group) is 1. The minimum atomic E-state index is -0.335. The van der Waals surface area contributed by atoms with Gasteiger partial charge in [-0.2, -0.15) is 0 Å². The summed E-state index contributed by atoms with van der Waals surface area (Å²) < 4.78 is 5.91. The van der Waals surface area contributed by atoms with Crippen molar-refractivity contribution >= 4 is 23.6 Å². The van der Waals surface area contributed by atoms with Gasteiger partial charge in [-0.25, -0.2) is 0 Å². The fraction of sp³-hybridized carbons (Fsp3) is 0.667. The molecule has 0 bridgehead atoms. The second-order valence-electron chi connectivity index (χ2n) is 7.58. The first-order chi connectivity index (χ1) is 11.4. The predicted molar refractivity (Wildman–Crippen MR) is 92.4 cm³/mol. The van der Waals surface area contributed by atoms with Crippen molar-refractivity contribution in [2.24, 2.45) is 5.92 Å². The van der Waals surface area contributed by atoms with Gasteiger partial charge in [0, 0.05) is 25.1 Å². The number of hydrogen-bond acceptors (Lipinski definition) is 4. The van der Waals surface area contributed by atoms with Crippen LogP contribution in [0.15, 0.2) is 16.5 Å². The Morgan fingerprint density at radius 2 is 2.25 bits per heavy atom. The van der Waals surface area contributed by atoms with E-state index in [0.717, 1.165) is 17.9 Å². The Balaban J connectivity index is 1.43. The van der Waals surface area contributed by atoms with Crippen LogP contribution in [-0.4, -0.2) is 45.3 Å². The van der Waals surface area contributed by atoms with Gasteiger partial charge in [-0.3, -0.25) is 9.59 Å². The lowest BCUT2D eigenvalue weighted by Gasteiger charge is -2.31. The molecule has 0 spiro atoms. The lowest BCUT2D eigenvalue weighted by atomic mass is 10.2. The van der Waals surface area contributed by atoms with E-state index in [1.165, 1.54) is 6.42 Å². The van der Waals surface area contributed by atoms with Gasteiger partial charge in [-0.15, -0.1) is 11.8 Å². The molecule has 1 aliphatic carbocycles. The molecular weight excluding hydrogens is 324 g/mol. The van der Waals surface area contributed by atoms with Gasteiger partial charge in [0.1, 0.15) is 17.6 Å². The summed E-state index contributed by atoms with van der Waals surface area (Å²) in [6.45, 7) is 4.76. The van der Waals surface area contributed by atoms with Crippen LogP contribution in [-0.2, 0) is 16.1 Å². The van der Waals surface area contributed by atoms with E-state index in [1.54, 1.807) is 23.7 Å². The minimum absolute atomic E-state index is 0.0132. The van der Waals surface area contributed by atoms with Crippen molar-refractivity contribution in [3.63, 3.8) is 0 Å². The first-order valence-electron chi connectivity index (χ1n) is 8.69. The normalized spacial score (nSPS) is 34.5. The molecule has 0 N–H and O–H groups in total. The highest BCUT2D eigenvalue weighted by Crippen LogP contribution is 2.48. The zero-order valence-corrected chi connectivity index (χ0v) is 15.3. The smallest absolute Gasteiger partial charge is 0.246 e. The highest BCUT2D eigenvalue weighted by Gasteiger charge is 2.53. The molecule has 3 heterocycles. The van der Waals surface area contributed by atoms with Crippen molar-refractivity contribution in [1.82, 2.24) is 9.80 Å². The zero-order valence-electron chi connectivity index (χ0n) is 14.4. The molecule has 4 unspecified atom stereocenters. The number of thioether (sulfide) groups is 1. The topological polar surface area (TPSA) is 53.8 Å². The molecule has 130 valence electrons. The fourth-order valence-corrected chi connectivity index (χ4v) is 5.39. The second kappa shape index (κ2) is 5.55. The molecule has 1 aromatic rings. The van der Waals surface area contributed by atoms with Crippen molar-refractivity contribution in [3.8, 4) is 0 Å². The van der Waals surface area contributed by atoms with Gasteiger partial charge in [-0.1, -0.05) is 6.92 Å². The number of rotatable bonds is 4. The van der Waals surface area contributed by atoms with E-state index in [2.05, 4.69) is 13.8 Å². The second-order valence-corrected chi connectivity index (χ2v) is 9.08. The Kier molecular flexibility index (Phi) is 3.71. The average Bonchev–Trinajstić information content (AvgIpc) is 2.89. The SMILES string of the molecule is CC1CC1c1ccc(CN(C)C(=O)C2CSC3(C)CCC(=O)N23)o1. The summed E-state index contributed by atoms with van der Waals surface area (Å²) in [6, 6.07) is 3.67. The van der Waals surface area contributed by atoms with E-state index >= 15 is 0 Å². The van der Waals surface area contributed by atoms with E-state index in [1.807, 2.05) is 17.0 Å². The Labute approximate surface area is 146 Å². The van der Waals surface area contributed by atoms with Crippen LogP contribution in [0.1, 0.15) is 50.5 Å². The van der Waals surface area contributed by atoms with Crippen LogP contribution in [0, 0.1) is 5.92 Å². The Morgan fingerprint density at radius 3 is 2.96 bits per heavy atom. The van der Waals surface area contributed by atoms with Crippen LogP contribution in [0.2, 0.25) is 0 Å². The van der Waals surface area contributed by atoms with Crippen LogP contribution >= 0.6 is 11.8 Å². The highest BCUT2D eigenvalue weighted by molar-refractivity contribution is 8.01. The van der Waals surface area contributed by atoms with Crippen molar-refractivity contribution < 1.29 is 14.0 Å². The molecule has 24 heavy (non-hydrogen) atoms. The maximum atomic E-state index is 12.9. The van der Waals surface area contributed by atoms with Gasteiger partial charge in [0.2, 0.25) is 11.8 Å². The number of furan rings is 1. The van der Waals surface area contributed by atoms with Crippen LogP contribution < -0.4 is 0 Å². The molecule has 1 saturated carbocycles. The fourth-order valence-electron chi connectivity index (χ4n) is 3.97. The van der Waals surface area contributed by atoms with Crippen molar-refractivity contribution in [2.75, 3.05) is 12.8 Å². The number of amides is 2. The van der Waals surface area contributed by atoms with Gasteiger partial charge < -0.3 is 14.2 Å². The van der Waals surface area contributed by atoms with Gasteiger partial charge in [0.15, 0.2) is 0 Å². The summed E-state index contributed by atoms with van der Waals surface area (Å²) in [5, 5.41) is 0. The quantitative estimate of drug-likeness (QED) is 0.840. The average molecular weight is 348 g/mol. The third kappa shape index (κ3) is 2.55. The van der Waals surface area contributed by atoms with E-state index in [4.69, 9.17) is 4.42 Å². The highest BCUT2D eigenvalue weighted by atomic mass is 32.2. The lowest BCUT2D eigenvalue weighted by Crippen LogP contribution is -2.50. The standard InChI is InChI=1S/C18H24N2O3S/c1-11-8-13(11)15-5-4-12(23-15)9-19(3)17(22)14-10-24-18(2)7-6-16(21)20(14)18/h4-5,11,13-14H,6-10H2,1-3H3. The molecule has 3 aliphatic rings. The summed E-state index contributed by atoms with van der Waals surface area (Å²) in [4.78, 5) is 28.4. The maximum Gasteiger partial charge on any atom is 0.246 e. The van der Waals surface area contributed by atoms with Crippen LogP contribution in [0.3, 0.4) is 0 Å². The summed E-state index contributed by atoms with van der Waals surface area (Å²) in [6.07, 6.45) is 2.58. The number of nitrogens with zero attached hydrogens (tertiary/aromatic N) is 2. The molecule has 2 saturated heterocycles. The Bertz CT molecular complexity index is 688. The van der Waals surface area contributed by atoms with Crippen molar-refractivity contribution in [1.29, 1.82) is 0 Å². The van der Waals surface area contributed by atoms with E-state index in [-0.39, 0.29) is 22.7 Å². The Hall–Kier alpha value is -1.43. The first-order valence-corrected chi connectivity index (χ1v) is 9.67. The van der Waals surface area contributed by atoms with Crippen molar-refractivity contribution in [2.45, 2.75) is 56.5 Å². The van der Waals surface area contributed by atoms with E-state index in [9.17, 15) is 9.59 Å². The minimum Gasteiger partial charge on any atom is -0.464 e. The van der Waals surface area contributed by atoms with Gasteiger partial charge in [-0.05, 0) is 37.8 Å². The molecule has 2 aliphatic heterocycles. The molecular formula is C18H24N2O3S. The summed E-state index contributed by atoms with van der Waals surface area (Å²) >= 11 is 1.73. The molecule has 4 atom stereocenters. The van der Waals surface area contributed by atoms with Crippen molar-refractivity contribution in [3.05, 3.63) is 23.7 Å². The molecule has 4 rings (SSSR count). The number of carbonyl (C=O) groups excluding carboxylic acids is 2. The largest absolute Gasteiger partial charge is 0.464 e. The van der Waals surface area contributed by atoms with E-state index in [0.29, 0.717) is 30.6 Å². The molecule has 3 fully saturated rings. The third-order valence-electron chi connectivity index (χ3n) is 5.66. The summed E-state index contributed by atoms with van der Waals surface area (Å²) in [5.41, 5.74) is 0. The summed E-state index contributed by atoms with van der Waals surface area (Å²) in [5.74, 6) is 3.93. The Morgan fingerprint density at radius 1 is 1.50 bits per heavy atom. The monoisotopic (exact) mass is 348 g/mol. The van der Waals surface area contributed by atoms with Crippen LogP contribution in [0.4, 0.5) is 0 Å². The van der Waals surface area contributed by atoms with Gasteiger partial charge in [0.05, 0.1) is 11.4 Å². The van der Waals surface area contributed by atoms with E-state index < -0.39 is 0 Å². The third-order valence-corrected chi connectivity index (χ3v) is 7.16. The van der Waals surface area contributed by atoms with Crippen LogP contribution in [0.5, 0.6) is 0 Å². The summed E-state index contributed by atoms with van der Waals surface area (Å²) in [7, 11) is 1.80. The van der Waals surface area contributed by atoms with Gasteiger partial charge >= 0.3 is 0 Å². The van der Waals surface area contributed by atoms with Crippen LogP contribution in [0.25, 0.3) is 0 Å². The predicted octanol–water partition coefficient (Wildman–Crippen LogP) is 2.82. The molecule has 0 radical (unpaired) electrons. The zero-order chi connectivity index (χ0) is 17.1.